The molecule has 138 valence electrons. The minimum atomic E-state index is -0.538. The highest BCUT2D eigenvalue weighted by Gasteiger charge is 2.36. The molecule has 2 aromatic carbocycles. The average molecular weight is 366 g/mol. The zero-order valence-corrected chi connectivity index (χ0v) is 14.7. The number of ether oxygens (including phenoxy) is 1. The van der Waals surface area contributed by atoms with Gasteiger partial charge in [-0.1, -0.05) is 25.1 Å². The molecule has 1 aliphatic heterocycles. The highest BCUT2D eigenvalue weighted by molar-refractivity contribution is 6.22. The number of anilines is 1. The van der Waals surface area contributed by atoms with E-state index in [9.17, 15) is 19.2 Å². The number of rotatable bonds is 6. The lowest BCUT2D eigenvalue weighted by molar-refractivity contribution is -0.116. The predicted molar refractivity (Wildman–Crippen MR) is 97.5 cm³/mol. The van der Waals surface area contributed by atoms with Crippen LogP contribution in [0.5, 0.6) is 0 Å². The number of carbonyl (C=O) groups is 4. The lowest BCUT2D eigenvalue weighted by Gasteiger charge is -2.14. The summed E-state index contributed by atoms with van der Waals surface area (Å²) in [6.45, 7) is 1.80. The summed E-state index contributed by atoms with van der Waals surface area (Å²) in [6.07, 6.45) is 0.711. The Hall–Kier alpha value is -3.48. The Morgan fingerprint density at radius 1 is 1.00 bits per heavy atom. The van der Waals surface area contributed by atoms with E-state index < -0.39 is 30.2 Å². The van der Waals surface area contributed by atoms with Gasteiger partial charge in [-0.3, -0.25) is 19.3 Å². The number of hydrogen-bond acceptors (Lipinski definition) is 5. The fraction of sp³-hybridized carbons (Fsp3) is 0.200. The van der Waals surface area contributed by atoms with Crippen LogP contribution in [0.1, 0.15) is 44.4 Å². The van der Waals surface area contributed by atoms with E-state index in [0.29, 0.717) is 24.3 Å². The molecule has 0 saturated heterocycles. The molecule has 1 aliphatic rings. The van der Waals surface area contributed by atoms with E-state index in [1.165, 1.54) is 6.07 Å². The molecular formula is C20H18N2O5. The number of carbonyl (C=O) groups excluding carboxylic acids is 4. The second-order valence-electron chi connectivity index (χ2n) is 6.01. The number of nitrogens with one attached hydrogen (secondary N) is 1. The Kier molecular flexibility index (Phi) is 5.30. The average Bonchev–Trinajstić information content (AvgIpc) is 2.91. The van der Waals surface area contributed by atoms with Gasteiger partial charge >= 0.3 is 5.97 Å². The van der Waals surface area contributed by atoms with Gasteiger partial charge in [-0.15, -0.1) is 0 Å². The fourth-order valence-corrected chi connectivity index (χ4v) is 2.73. The van der Waals surface area contributed by atoms with Crippen molar-refractivity contribution in [1.82, 2.24) is 4.90 Å². The minimum Gasteiger partial charge on any atom is -0.462 e. The van der Waals surface area contributed by atoms with Gasteiger partial charge in [0.1, 0.15) is 6.54 Å². The van der Waals surface area contributed by atoms with E-state index >= 15 is 0 Å². The Labute approximate surface area is 155 Å². The van der Waals surface area contributed by atoms with Crippen molar-refractivity contribution in [2.45, 2.75) is 13.3 Å². The molecule has 1 heterocycles. The third kappa shape index (κ3) is 3.87. The van der Waals surface area contributed by atoms with Crippen LogP contribution in [0.15, 0.2) is 48.5 Å². The molecule has 0 fully saturated rings. The van der Waals surface area contributed by atoms with Crippen molar-refractivity contribution in [3.05, 3.63) is 65.2 Å². The zero-order valence-electron chi connectivity index (χ0n) is 14.7. The lowest BCUT2D eigenvalue weighted by Crippen LogP contribution is -2.37. The van der Waals surface area contributed by atoms with Gasteiger partial charge in [-0.05, 0) is 36.8 Å². The van der Waals surface area contributed by atoms with Crippen molar-refractivity contribution in [2.24, 2.45) is 0 Å². The second kappa shape index (κ2) is 7.82. The molecule has 0 bridgehead atoms. The van der Waals surface area contributed by atoms with E-state index in [2.05, 4.69) is 5.32 Å². The van der Waals surface area contributed by atoms with E-state index in [1.54, 1.807) is 42.5 Å². The summed E-state index contributed by atoms with van der Waals surface area (Å²) in [5.41, 5.74) is 1.26. The SMILES string of the molecule is CCCOC(=O)c1cccc(NC(=O)CN2C(=O)c3ccccc3C2=O)c1. The molecule has 2 aromatic rings. The molecule has 0 saturated carbocycles. The molecular weight excluding hydrogens is 348 g/mol. The Balaban J connectivity index is 1.66. The maximum Gasteiger partial charge on any atom is 0.338 e. The number of benzene rings is 2. The van der Waals surface area contributed by atoms with Gasteiger partial charge in [0, 0.05) is 5.69 Å². The molecule has 0 unspecified atom stereocenters. The maximum absolute atomic E-state index is 12.3. The number of fused-ring (bicyclic) bond motifs is 1. The third-order valence-corrected chi connectivity index (χ3v) is 4.00. The Bertz CT molecular complexity index is 887. The fourth-order valence-electron chi connectivity index (χ4n) is 2.73. The minimum absolute atomic E-state index is 0.288. The first-order valence-electron chi connectivity index (χ1n) is 8.53. The van der Waals surface area contributed by atoms with Gasteiger partial charge in [0.25, 0.3) is 11.8 Å². The molecule has 27 heavy (non-hydrogen) atoms. The van der Waals surface area contributed by atoms with Crippen LogP contribution in [-0.2, 0) is 9.53 Å². The van der Waals surface area contributed by atoms with Crippen molar-refractivity contribution in [3.63, 3.8) is 0 Å². The zero-order chi connectivity index (χ0) is 19.4. The van der Waals surface area contributed by atoms with Gasteiger partial charge in [-0.2, -0.15) is 0 Å². The summed E-state index contributed by atoms with van der Waals surface area (Å²) in [7, 11) is 0. The summed E-state index contributed by atoms with van der Waals surface area (Å²) in [6, 6.07) is 12.7. The molecule has 7 heteroatoms. The quantitative estimate of drug-likeness (QED) is 0.626. The van der Waals surface area contributed by atoms with Crippen LogP contribution in [0.3, 0.4) is 0 Å². The molecule has 1 N–H and O–H groups in total. The first kappa shape index (κ1) is 18.3. The van der Waals surface area contributed by atoms with Crippen LogP contribution in [0.25, 0.3) is 0 Å². The van der Waals surface area contributed by atoms with Gasteiger partial charge in [0.05, 0.1) is 23.3 Å². The Morgan fingerprint density at radius 3 is 2.30 bits per heavy atom. The molecule has 0 radical (unpaired) electrons. The van der Waals surface area contributed by atoms with E-state index in [0.717, 1.165) is 4.90 Å². The summed E-state index contributed by atoms with van der Waals surface area (Å²) in [4.78, 5) is 49.7. The van der Waals surface area contributed by atoms with E-state index in [-0.39, 0.29) is 11.1 Å². The van der Waals surface area contributed by atoms with E-state index in [1.807, 2.05) is 6.92 Å². The van der Waals surface area contributed by atoms with E-state index in [4.69, 9.17) is 4.74 Å². The lowest BCUT2D eigenvalue weighted by atomic mass is 10.1. The Morgan fingerprint density at radius 2 is 1.67 bits per heavy atom. The maximum atomic E-state index is 12.3. The smallest absolute Gasteiger partial charge is 0.338 e. The molecule has 3 rings (SSSR count). The highest BCUT2D eigenvalue weighted by atomic mass is 16.5. The largest absolute Gasteiger partial charge is 0.462 e. The highest BCUT2D eigenvalue weighted by Crippen LogP contribution is 2.22. The van der Waals surface area contributed by atoms with Gasteiger partial charge < -0.3 is 10.1 Å². The first-order valence-corrected chi connectivity index (χ1v) is 8.53. The van der Waals surface area contributed by atoms with Crippen LogP contribution >= 0.6 is 0 Å². The van der Waals surface area contributed by atoms with Crippen molar-refractivity contribution >= 4 is 29.4 Å². The number of nitrogens with zero attached hydrogens (tertiary/aromatic N) is 1. The molecule has 0 spiro atoms. The van der Waals surface area contributed by atoms with Crippen LogP contribution in [-0.4, -0.2) is 41.7 Å². The first-order chi connectivity index (χ1) is 13.0. The molecule has 0 aromatic heterocycles. The molecule has 7 nitrogen and oxygen atoms in total. The number of esters is 1. The number of imide groups is 1. The van der Waals surface area contributed by atoms with Crippen LogP contribution in [0.2, 0.25) is 0 Å². The standard InChI is InChI=1S/C20H18N2O5/c1-2-10-27-20(26)13-6-5-7-14(11-13)21-17(23)12-22-18(24)15-8-3-4-9-16(15)19(22)25/h3-9,11H,2,10,12H2,1H3,(H,21,23). The molecule has 3 amide bonds. The predicted octanol–water partition coefficient (Wildman–Crippen LogP) is 2.49. The van der Waals surface area contributed by atoms with Crippen LogP contribution in [0, 0.1) is 0 Å². The summed E-state index contributed by atoms with van der Waals surface area (Å²) in [5.74, 6) is -2.01. The monoisotopic (exact) mass is 366 g/mol. The second-order valence-corrected chi connectivity index (χ2v) is 6.01. The normalized spacial score (nSPS) is 12.7. The van der Waals surface area contributed by atoms with Crippen molar-refractivity contribution in [2.75, 3.05) is 18.5 Å². The van der Waals surface area contributed by atoms with Crippen molar-refractivity contribution in [3.8, 4) is 0 Å². The summed E-state index contributed by atoms with van der Waals surface area (Å²) >= 11 is 0. The number of amides is 3. The van der Waals surface area contributed by atoms with Crippen LogP contribution in [0.4, 0.5) is 5.69 Å². The summed E-state index contributed by atoms with van der Waals surface area (Å²) < 4.78 is 5.06. The molecule has 0 atom stereocenters. The van der Waals surface area contributed by atoms with Gasteiger partial charge in [-0.25, -0.2) is 4.79 Å². The summed E-state index contributed by atoms with van der Waals surface area (Å²) in [5, 5.41) is 2.60. The number of hydrogen-bond donors (Lipinski definition) is 1. The van der Waals surface area contributed by atoms with Crippen molar-refractivity contribution < 1.29 is 23.9 Å². The van der Waals surface area contributed by atoms with Gasteiger partial charge in [0.15, 0.2) is 0 Å². The molecule has 0 aliphatic carbocycles. The third-order valence-electron chi connectivity index (χ3n) is 4.00. The van der Waals surface area contributed by atoms with Gasteiger partial charge in [0.2, 0.25) is 5.91 Å². The van der Waals surface area contributed by atoms with Crippen LogP contribution < -0.4 is 5.32 Å². The topological polar surface area (TPSA) is 92.8 Å². The van der Waals surface area contributed by atoms with Crippen molar-refractivity contribution in [1.29, 1.82) is 0 Å².